The average molecular weight is 690 g/mol. The Hall–Kier alpha value is -4.70. The number of fused-ring (bicyclic) bond motifs is 6. The summed E-state index contributed by atoms with van der Waals surface area (Å²) in [4.78, 5) is 41.8. The third kappa shape index (κ3) is 5.87. The number of imidazole rings is 1. The summed E-state index contributed by atoms with van der Waals surface area (Å²) in [7, 11) is 1.31. The molecule has 1 saturated carbocycles. The Kier molecular flexibility index (Phi) is 8.61. The van der Waals surface area contributed by atoms with Crippen molar-refractivity contribution >= 4 is 34.2 Å². The number of aliphatic imine (C=N–C) groups is 1. The van der Waals surface area contributed by atoms with E-state index in [9.17, 15) is 9.59 Å². The van der Waals surface area contributed by atoms with Crippen molar-refractivity contribution in [2.75, 3.05) is 20.3 Å². The van der Waals surface area contributed by atoms with E-state index in [2.05, 4.69) is 59.7 Å². The van der Waals surface area contributed by atoms with Crippen molar-refractivity contribution < 1.29 is 23.8 Å². The minimum atomic E-state index is -0.737. The molecular weight excluding hydrogens is 642 g/mol. The van der Waals surface area contributed by atoms with Crippen molar-refractivity contribution in [3.63, 3.8) is 0 Å². The maximum atomic E-state index is 14.2. The lowest BCUT2D eigenvalue weighted by Gasteiger charge is -2.38. The summed E-state index contributed by atoms with van der Waals surface area (Å²) >= 11 is 0. The van der Waals surface area contributed by atoms with Crippen LogP contribution < -0.4 is 10.1 Å². The molecule has 3 aliphatic heterocycles. The molecule has 0 bridgehead atoms. The highest BCUT2D eigenvalue weighted by atomic mass is 16.5. The van der Waals surface area contributed by atoms with E-state index in [-0.39, 0.29) is 17.9 Å². The molecule has 1 saturated heterocycles. The zero-order valence-corrected chi connectivity index (χ0v) is 30.2. The smallest absolute Gasteiger partial charge is 0.407 e. The second-order valence-electron chi connectivity index (χ2n) is 15.1. The van der Waals surface area contributed by atoms with Crippen LogP contribution in [-0.2, 0) is 27.3 Å². The fraction of sp³-hybridized carbons (Fsp3) is 0.463. The molecule has 2 N–H and O–H groups in total. The Bertz CT molecular complexity index is 2050. The minimum Gasteiger partial charge on any atom is -0.488 e. The van der Waals surface area contributed by atoms with Crippen LogP contribution in [0.3, 0.4) is 0 Å². The molecular formula is C41H47N5O5. The van der Waals surface area contributed by atoms with Crippen LogP contribution in [0.4, 0.5) is 10.5 Å². The van der Waals surface area contributed by atoms with E-state index in [0.717, 1.165) is 61.7 Å². The summed E-state index contributed by atoms with van der Waals surface area (Å²) in [5, 5.41) is 5.00. The van der Waals surface area contributed by atoms with Gasteiger partial charge in [-0.25, -0.2) is 9.78 Å². The van der Waals surface area contributed by atoms with Gasteiger partial charge in [0.05, 0.1) is 36.3 Å². The molecule has 51 heavy (non-hydrogen) atoms. The molecule has 8 rings (SSSR count). The van der Waals surface area contributed by atoms with Gasteiger partial charge in [0.1, 0.15) is 24.2 Å². The van der Waals surface area contributed by atoms with Crippen molar-refractivity contribution in [2.24, 2.45) is 10.9 Å². The third-order valence-electron chi connectivity index (χ3n) is 11.5. The summed E-state index contributed by atoms with van der Waals surface area (Å²) in [6.07, 6.45) is 7.44. The molecule has 4 aromatic rings. The molecule has 4 aliphatic rings. The summed E-state index contributed by atoms with van der Waals surface area (Å²) in [6, 6.07) is 14.5. The molecule has 3 aromatic carbocycles. The number of amides is 2. The number of hydrogen-bond donors (Lipinski definition) is 2. The van der Waals surface area contributed by atoms with Gasteiger partial charge in [0.2, 0.25) is 5.91 Å². The maximum Gasteiger partial charge on any atom is 0.407 e. The summed E-state index contributed by atoms with van der Waals surface area (Å²) in [5.41, 5.74) is 7.89. The molecule has 1 aliphatic carbocycles. The number of H-pyrrole nitrogens is 1. The van der Waals surface area contributed by atoms with Crippen LogP contribution in [-0.4, -0.2) is 70.5 Å². The lowest BCUT2D eigenvalue weighted by atomic mass is 9.86. The Morgan fingerprint density at radius 3 is 2.71 bits per heavy atom. The van der Waals surface area contributed by atoms with E-state index in [1.165, 1.54) is 38.4 Å². The van der Waals surface area contributed by atoms with Crippen LogP contribution in [0.2, 0.25) is 0 Å². The summed E-state index contributed by atoms with van der Waals surface area (Å²) in [5.74, 6) is 2.23. The molecule has 10 nitrogen and oxygen atoms in total. The first-order valence-corrected chi connectivity index (χ1v) is 18.4. The van der Waals surface area contributed by atoms with Crippen molar-refractivity contribution in [2.45, 2.75) is 96.4 Å². The number of rotatable bonds is 8. The molecule has 1 aromatic heterocycles. The number of methoxy groups -OCH3 is 1. The first kappa shape index (κ1) is 33.4. The quantitative estimate of drug-likeness (QED) is 0.195. The van der Waals surface area contributed by atoms with Gasteiger partial charge in [0.25, 0.3) is 0 Å². The number of carbonyl (C=O) groups excluding carboxylic acids is 2. The van der Waals surface area contributed by atoms with E-state index in [4.69, 9.17) is 24.2 Å². The largest absolute Gasteiger partial charge is 0.488 e. The second-order valence-corrected chi connectivity index (χ2v) is 15.1. The number of ether oxygens (including phenoxy) is 3. The zero-order valence-electron chi connectivity index (χ0n) is 30.2. The molecule has 2 amide bonds. The van der Waals surface area contributed by atoms with Gasteiger partial charge in [0, 0.05) is 43.2 Å². The normalized spacial score (nSPS) is 21.6. The van der Waals surface area contributed by atoms with Gasteiger partial charge in [-0.15, -0.1) is 0 Å². The Morgan fingerprint density at radius 2 is 1.94 bits per heavy atom. The van der Waals surface area contributed by atoms with E-state index >= 15 is 0 Å². The number of likely N-dealkylation sites (tertiary alicyclic amines) is 1. The Balaban J connectivity index is 1.08. The van der Waals surface area contributed by atoms with Gasteiger partial charge in [-0.1, -0.05) is 44.9 Å². The van der Waals surface area contributed by atoms with Crippen LogP contribution in [0.1, 0.15) is 82.7 Å². The molecule has 266 valence electrons. The van der Waals surface area contributed by atoms with E-state index < -0.39 is 17.7 Å². The summed E-state index contributed by atoms with van der Waals surface area (Å²) in [6.45, 7) is 9.37. The molecule has 0 radical (unpaired) electrons. The maximum absolute atomic E-state index is 14.2. The van der Waals surface area contributed by atoms with Crippen LogP contribution in [0.25, 0.3) is 33.2 Å². The van der Waals surface area contributed by atoms with Gasteiger partial charge in [-0.05, 0) is 89.9 Å². The highest BCUT2D eigenvalue weighted by molar-refractivity contribution is 6.08. The number of alkyl carbamates (subject to hydrolysis) is 1. The average Bonchev–Trinajstić information content (AvgIpc) is 3.95. The highest BCUT2D eigenvalue weighted by Crippen LogP contribution is 2.46. The van der Waals surface area contributed by atoms with Gasteiger partial charge < -0.3 is 29.4 Å². The molecule has 2 fully saturated rings. The fourth-order valence-corrected chi connectivity index (χ4v) is 8.72. The number of aromatic amines is 1. The lowest BCUT2D eigenvalue weighted by molar-refractivity contribution is -0.136. The van der Waals surface area contributed by atoms with Crippen molar-refractivity contribution in [1.82, 2.24) is 20.2 Å². The Morgan fingerprint density at radius 1 is 1.12 bits per heavy atom. The minimum absolute atomic E-state index is 0.137. The van der Waals surface area contributed by atoms with Crippen LogP contribution in [0, 0.1) is 5.92 Å². The van der Waals surface area contributed by atoms with E-state index in [0.29, 0.717) is 38.5 Å². The van der Waals surface area contributed by atoms with Gasteiger partial charge in [-0.2, -0.15) is 0 Å². The van der Waals surface area contributed by atoms with Crippen molar-refractivity contribution in [3.05, 3.63) is 65.6 Å². The van der Waals surface area contributed by atoms with E-state index in [1.807, 2.05) is 31.9 Å². The molecule has 10 heteroatoms. The highest BCUT2D eigenvalue weighted by Gasteiger charge is 2.51. The van der Waals surface area contributed by atoms with Gasteiger partial charge >= 0.3 is 6.09 Å². The van der Waals surface area contributed by atoms with Crippen molar-refractivity contribution in [3.8, 4) is 28.1 Å². The monoisotopic (exact) mass is 689 g/mol. The van der Waals surface area contributed by atoms with E-state index in [1.54, 1.807) is 0 Å². The van der Waals surface area contributed by atoms with Crippen LogP contribution in [0.5, 0.6) is 5.75 Å². The lowest BCUT2D eigenvalue weighted by Crippen LogP contribution is -2.58. The molecule has 3 atom stereocenters. The predicted octanol–water partition coefficient (Wildman–Crippen LogP) is 7.85. The van der Waals surface area contributed by atoms with Crippen LogP contribution >= 0.6 is 0 Å². The summed E-state index contributed by atoms with van der Waals surface area (Å²) < 4.78 is 17.4. The zero-order chi connectivity index (χ0) is 35.4. The number of hydrogen-bond acceptors (Lipinski definition) is 7. The fourth-order valence-electron chi connectivity index (χ4n) is 8.72. The van der Waals surface area contributed by atoms with Crippen LogP contribution in [0.15, 0.2) is 53.7 Å². The second kappa shape index (κ2) is 13.1. The number of aromatic nitrogens is 2. The standard InChI is InChI=1S/C41H47N5O5/c1-6-50-28-19-41(4,46(21-28)39(47)37(23(2)3)45-40(48)49-5)36-18-31-30-17-35-32(16-25(30)12-14-33(31)43-36)29-13-11-26(15-27(29)22-51-35)34-20-42-38(44-34)24-9-7-8-10-24/h11-17,20,23-24,28,37H,6-10,18-19,21-22H2,1-5H3,(H,42,44)(H,45,48)/t28-,37-,41-/m0/s1. The predicted molar refractivity (Wildman–Crippen MR) is 198 cm³/mol. The third-order valence-corrected chi connectivity index (χ3v) is 11.5. The first-order valence-electron chi connectivity index (χ1n) is 18.4. The molecule has 0 spiro atoms. The molecule has 4 heterocycles. The van der Waals surface area contributed by atoms with Crippen molar-refractivity contribution in [1.29, 1.82) is 0 Å². The number of nitrogens with one attached hydrogen (secondary N) is 2. The van der Waals surface area contributed by atoms with Gasteiger partial charge in [-0.3, -0.25) is 9.79 Å². The number of benzene rings is 3. The Labute approximate surface area is 299 Å². The SMILES string of the molecule is CCO[C@@H]1CN(C(=O)[C@@H](NC(=O)OC)C(C)C)[C@](C)(C2=Nc3ccc4cc5c(cc4c3C2)OCc2cc(-c3cnc(C4CCCC4)[nH]3)ccc2-5)C1. The topological polar surface area (TPSA) is 118 Å². The number of carbonyl (C=O) groups is 2. The molecule has 0 unspecified atom stereocenters. The van der Waals surface area contributed by atoms with Gasteiger partial charge in [0.15, 0.2) is 0 Å². The first-order chi connectivity index (χ1) is 24.7. The number of nitrogens with zero attached hydrogens (tertiary/aromatic N) is 3.